The van der Waals surface area contributed by atoms with E-state index in [-0.39, 0.29) is 29.6 Å². The van der Waals surface area contributed by atoms with Crippen LogP contribution in [0, 0.1) is 0 Å². The minimum absolute atomic E-state index is 0. The monoisotopic (exact) mass is 183 g/mol. The topological polar surface area (TPSA) is 58.9 Å². The fraction of sp³-hybridized carbons (Fsp3) is 0. The molecule has 0 atom stereocenters. The molecule has 0 saturated heterocycles. The van der Waals surface area contributed by atoms with Crippen LogP contribution in [0.5, 0.6) is 0 Å². The molecule has 1 aliphatic rings. The van der Waals surface area contributed by atoms with Gasteiger partial charge in [-0.1, -0.05) is 12.1 Å². The Hall–Kier alpha value is -0.840. The second-order valence-electron chi connectivity index (χ2n) is 2.36. The van der Waals surface area contributed by atoms with E-state index in [1.165, 1.54) is 0 Å². The van der Waals surface area contributed by atoms with Gasteiger partial charge in [0.15, 0.2) is 0 Å². The molecule has 0 aliphatic carbocycles. The van der Waals surface area contributed by atoms with Gasteiger partial charge in [0.25, 0.3) is 11.8 Å². The quantitative estimate of drug-likeness (QED) is 0.564. The van der Waals surface area contributed by atoms with Crippen molar-refractivity contribution in [3.63, 3.8) is 0 Å². The molecule has 0 spiro atoms. The van der Waals surface area contributed by atoms with Gasteiger partial charge in [0.2, 0.25) is 0 Å². The van der Waals surface area contributed by atoms with E-state index in [1.54, 1.807) is 24.3 Å². The summed E-state index contributed by atoms with van der Waals surface area (Å²) >= 11 is 0. The van der Waals surface area contributed by atoms with Crippen LogP contribution in [-0.2, 0) is 0 Å². The third-order valence-electron chi connectivity index (χ3n) is 1.62. The summed E-state index contributed by atoms with van der Waals surface area (Å²) in [5.41, 5.74) is 0.662. The zero-order valence-corrected chi connectivity index (χ0v) is 9.02. The van der Waals surface area contributed by atoms with Crippen molar-refractivity contribution in [2.24, 2.45) is 10.2 Å². The van der Waals surface area contributed by atoms with E-state index in [4.69, 9.17) is 0 Å². The fourth-order valence-electron chi connectivity index (χ4n) is 1.05. The second kappa shape index (κ2) is 3.91. The molecule has 5 heteroatoms. The van der Waals surface area contributed by atoms with Crippen LogP contribution in [0.2, 0.25) is 0 Å². The van der Waals surface area contributed by atoms with Crippen LogP contribution in [0.4, 0.5) is 0 Å². The molecule has 59 valence electrons. The normalized spacial score (nSPS) is 13.5. The SMILES string of the molecule is O=C1N=NC(=O)c2ccccc21.[Na]. The number of hydrogen-bond acceptors (Lipinski definition) is 2. The van der Waals surface area contributed by atoms with Crippen molar-refractivity contribution in [3.05, 3.63) is 35.4 Å². The number of nitrogens with zero attached hydrogens (tertiary/aromatic N) is 2. The van der Waals surface area contributed by atoms with Gasteiger partial charge in [-0.15, -0.1) is 10.2 Å². The van der Waals surface area contributed by atoms with Gasteiger partial charge < -0.3 is 0 Å². The van der Waals surface area contributed by atoms with Crippen molar-refractivity contribution in [1.82, 2.24) is 0 Å². The van der Waals surface area contributed by atoms with Crippen LogP contribution in [0.3, 0.4) is 0 Å². The van der Waals surface area contributed by atoms with E-state index in [9.17, 15) is 9.59 Å². The van der Waals surface area contributed by atoms with Crippen molar-refractivity contribution in [2.45, 2.75) is 0 Å². The number of benzene rings is 1. The van der Waals surface area contributed by atoms with Gasteiger partial charge >= 0.3 is 0 Å². The van der Waals surface area contributed by atoms with E-state index >= 15 is 0 Å². The second-order valence-corrected chi connectivity index (χ2v) is 2.36. The van der Waals surface area contributed by atoms with Crippen LogP contribution in [0.1, 0.15) is 20.7 Å². The summed E-state index contributed by atoms with van der Waals surface area (Å²) in [6.07, 6.45) is 0. The number of rotatable bonds is 0. The van der Waals surface area contributed by atoms with Gasteiger partial charge in [-0.25, -0.2) is 0 Å². The molecular weight excluding hydrogens is 179 g/mol. The van der Waals surface area contributed by atoms with Crippen molar-refractivity contribution < 1.29 is 9.59 Å². The van der Waals surface area contributed by atoms with Gasteiger partial charge in [0, 0.05) is 29.6 Å². The van der Waals surface area contributed by atoms with Gasteiger partial charge in [-0.2, -0.15) is 0 Å². The number of azo groups is 1. The Morgan fingerprint density at radius 1 is 0.846 bits per heavy atom. The standard InChI is InChI=1S/C8H4N2O2.Na/c11-7-5-3-1-2-4-6(5)8(12)10-9-7;/h1-4H;. The Kier molecular flexibility index (Phi) is 3.08. The average molecular weight is 183 g/mol. The van der Waals surface area contributed by atoms with Crippen molar-refractivity contribution in [3.8, 4) is 0 Å². The van der Waals surface area contributed by atoms with E-state index in [2.05, 4.69) is 10.2 Å². The van der Waals surface area contributed by atoms with Gasteiger partial charge in [0.1, 0.15) is 0 Å². The molecule has 1 aliphatic heterocycles. The fourth-order valence-corrected chi connectivity index (χ4v) is 1.05. The summed E-state index contributed by atoms with van der Waals surface area (Å²) in [7, 11) is 0. The maximum Gasteiger partial charge on any atom is 0.296 e. The molecule has 0 unspecified atom stereocenters. The summed E-state index contributed by atoms with van der Waals surface area (Å²) in [6, 6.07) is 6.50. The molecular formula is C8H4N2NaO2. The first-order valence-corrected chi connectivity index (χ1v) is 3.38. The number of hydrogen-bond donors (Lipinski definition) is 0. The molecule has 13 heavy (non-hydrogen) atoms. The number of amides is 2. The predicted molar refractivity (Wildman–Crippen MR) is 45.7 cm³/mol. The van der Waals surface area contributed by atoms with E-state index in [0.717, 1.165) is 0 Å². The first-order valence-electron chi connectivity index (χ1n) is 3.38. The average Bonchev–Trinajstić information content (AvgIpc) is 2.12. The van der Waals surface area contributed by atoms with Crippen LogP contribution < -0.4 is 0 Å². The van der Waals surface area contributed by atoms with E-state index < -0.39 is 11.8 Å². The van der Waals surface area contributed by atoms with Crippen molar-refractivity contribution >= 4 is 41.4 Å². The first-order chi connectivity index (χ1) is 5.79. The third-order valence-corrected chi connectivity index (χ3v) is 1.62. The zero-order valence-electron chi connectivity index (χ0n) is 7.02. The van der Waals surface area contributed by atoms with E-state index in [0.29, 0.717) is 11.1 Å². The number of carbonyl (C=O) groups is 2. The third kappa shape index (κ3) is 1.75. The number of carbonyl (C=O) groups excluding carboxylic acids is 2. The Morgan fingerprint density at radius 2 is 1.23 bits per heavy atom. The molecule has 1 heterocycles. The minimum Gasteiger partial charge on any atom is -0.265 e. The molecule has 1 aromatic carbocycles. The molecule has 0 fully saturated rings. The van der Waals surface area contributed by atoms with Crippen molar-refractivity contribution in [1.29, 1.82) is 0 Å². The van der Waals surface area contributed by atoms with Crippen LogP contribution in [0.15, 0.2) is 34.5 Å². The van der Waals surface area contributed by atoms with Gasteiger partial charge in [-0.3, -0.25) is 9.59 Å². The Morgan fingerprint density at radius 3 is 1.62 bits per heavy atom. The predicted octanol–water partition coefficient (Wildman–Crippen LogP) is 1.05. The maximum atomic E-state index is 11.0. The Bertz CT molecular complexity index is 364. The summed E-state index contributed by atoms with van der Waals surface area (Å²) in [5.74, 6) is -0.907. The van der Waals surface area contributed by atoms with Gasteiger partial charge in [-0.05, 0) is 12.1 Å². The summed E-state index contributed by atoms with van der Waals surface area (Å²) in [5, 5.41) is 6.38. The summed E-state index contributed by atoms with van der Waals surface area (Å²) in [6.45, 7) is 0. The number of fused-ring (bicyclic) bond motifs is 1. The molecule has 1 radical (unpaired) electrons. The largest absolute Gasteiger partial charge is 0.296 e. The van der Waals surface area contributed by atoms with Crippen LogP contribution >= 0.6 is 0 Å². The summed E-state index contributed by atoms with van der Waals surface area (Å²) in [4.78, 5) is 22.0. The molecule has 0 N–H and O–H groups in total. The molecule has 2 rings (SSSR count). The van der Waals surface area contributed by atoms with Crippen molar-refractivity contribution in [2.75, 3.05) is 0 Å². The summed E-state index contributed by atoms with van der Waals surface area (Å²) < 4.78 is 0. The van der Waals surface area contributed by atoms with Gasteiger partial charge in [0.05, 0.1) is 11.1 Å². The van der Waals surface area contributed by atoms with Crippen LogP contribution in [-0.4, -0.2) is 41.4 Å². The minimum atomic E-state index is -0.454. The molecule has 4 nitrogen and oxygen atoms in total. The molecule has 0 saturated carbocycles. The van der Waals surface area contributed by atoms with Crippen LogP contribution in [0.25, 0.3) is 0 Å². The smallest absolute Gasteiger partial charge is 0.265 e. The molecule has 0 bridgehead atoms. The molecule has 1 aromatic rings. The zero-order chi connectivity index (χ0) is 8.55. The first kappa shape index (κ1) is 10.2. The Balaban J connectivity index is 0.000000845. The maximum absolute atomic E-state index is 11.0. The molecule has 2 amide bonds. The molecule has 0 aromatic heterocycles. The van der Waals surface area contributed by atoms with E-state index in [1.807, 2.05) is 0 Å². The Labute approximate surface area is 96.3 Å².